The van der Waals surface area contributed by atoms with Crippen LogP contribution in [0.1, 0.15) is 20.8 Å². The van der Waals surface area contributed by atoms with Gasteiger partial charge < -0.3 is 19.7 Å². The fourth-order valence-corrected chi connectivity index (χ4v) is 1.33. The molecule has 0 bridgehead atoms. The summed E-state index contributed by atoms with van der Waals surface area (Å²) >= 11 is 0. The molecule has 1 heterocycles. The monoisotopic (exact) mass is 190 g/mol. The summed E-state index contributed by atoms with van der Waals surface area (Å²) in [6, 6.07) is 0. The lowest BCUT2D eigenvalue weighted by atomic mass is 9.98. The van der Waals surface area contributed by atoms with Gasteiger partial charge in [0.15, 0.2) is 6.29 Å². The standard InChI is InChI=1S/C9H18O4/c1-5(2)13-9-8(11)7(10)6(3)4-12-9/h5-11H,4H2,1-3H3. The van der Waals surface area contributed by atoms with Gasteiger partial charge in [0.25, 0.3) is 0 Å². The van der Waals surface area contributed by atoms with E-state index in [1.54, 1.807) is 0 Å². The van der Waals surface area contributed by atoms with Crippen molar-refractivity contribution in [3.63, 3.8) is 0 Å². The van der Waals surface area contributed by atoms with Crippen molar-refractivity contribution < 1.29 is 19.7 Å². The minimum absolute atomic E-state index is 0.0137. The molecule has 0 aromatic heterocycles. The topological polar surface area (TPSA) is 58.9 Å². The molecule has 0 amide bonds. The van der Waals surface area contributed by atoms with Gasteiger partial charge in [-0.25, -0.2) is 0 Å². The van der Waals surface area contributed by atoms with Crippen LogP contribution < -0.4 is 0 Å². The molecule has 4 unspecified atom stereocenters. The fourth-order valence-electron chi connectivity index (χ4n) is 1.33. The van der Waals surface area contributed by atoms with Gasteiger partial charge >= 0.3 is 0 Å². The van der Waals surface area contributed by atoms with Gasteiger partial charge in [-0.05, 0) is 13.8 Å². The fraction of sp³-hybridized carbons (Fsp3) is 1.00. The van der Waals surface area contributed by atoms with Crippen molar-refractivity contribution in [2.24, 2.45) is 5.92 Å². The molecule has 4 atom stereocenters. The van der Waals surface area contributed by atoms with Crippen LogP contribution in [0.4, 0.5) is 0 Å². The number of aliphatic hydroxyl groups is 2. The third kappa shape index (κ3) is 2.64. The summed E-state index contributed by atoms with van der Waals surface area (Å²) in [5, 5.41) is 19.1. The average Bonchev–Trinajstić information content (AvgIpc) is 2.06. The van der Waals surface area contributed by atoms with Gasteiger partial charge in [-0.3, -0.25) is 0 Å². The SMILES string of the molecule is CC(C)OC1OCC(C)C(O)C1O. The van der Waals surface area contributed by atoms with Crippen molar-refractivity contribution in [3.8, 4) is 0 Å². The molecule has 0 radical (unpaired) electrons. The molecule has 0 spiro atoms. The second-order valence-corrected chi connectivity index (χ2v) is 3.85. The minimum Gasteiger partial charge on any atom is -0.390 e. The number of ether oxygens (including phenoxy) is 2. The Morgan fingerprint density at radius 1 is 1.31 bits per heavy atom. The Morgan fingerprint density at radius 2 is 1.92 bits per heavy atom. The summed E-state index contributed by atoms with van der Waals surface area (Å²) in [5.41, 5.74) is 0. The van der Waals surface area contributed by atoms with Gasteiger partial charge in [0.2, 0.25) is 0 Å². The van der Waals surface area contributed by atoms with Crippen LogP contribution in [0.2, 0.25) is 0 Å². The predicted molar refractivity (Wildman–Crippen MR) is 47.1 cm³/mol. The molecule has 13 heavy (non-hydrogen) atoms. The summed E-state index contributed by atoms with van der Waals surface area (Å²) in [6.45, 7) is 5.98. The predicted octanol–water partition coefficient (Wildman–Crippen LogP) is 0.126. The summed E-state index contributed by atoms with van der Waals surface area (Å²) in [6.07, 6.45) is -2.39. The van der Waals surface area contributed by atoms with E-state index in [9.17, 15) is 10.2 Å². The quantitative estimate of drug-likeness (QED) is 0.649. The van der Waals surface area contributed by atoms with E-state index in [4.69, 9.17) is 9.47 Å². The van der Waals surface area contributed by atoms with Crippen LogP contribution in [-0.2, 0) is 9.47 Å². The highest BCUT2D eigenvalue weighted by atomic mass is 16.7. The maximum atomic E-state index is 9.56. The van der Waals surface area contributed by atoms with Gasteiger partial charge in [0, 0.05) is 5.92 Å². The smallest absolute Gasteiger partial charge is 0.186 e. The lowest BCUT2D eigenvalue weighted by Gasteiger charge is -2.36. The number of aliphatic hydroxyl groups excluding tert-OH is 2. The first-order valence-corrected chi connectivity index (χ1v) is 4.65. The Morgan fingerprint density at radius 3 is 2.46 bits per heavy atom. The third-order valence-electron chi connectivity index (χ3n) is 2.14. The maximum absolute atomic E-state index is 9.56. The first kappa shape index (κ1) is 10.9. The van der Waals surface area contributed by atoms with E-state index in [1.807, 2.05) is 20.8 Å². The van der Waals surface area contributed by atoms with Gasteiger partial charge in [-0.2, -0.15) is 0 Å². The molecule has 0 aromatic carbocycles. The second kappa shape index (κ2) is 4.37. The van der Waals surface area contributed by atoms with E-state index in [1.165, 1.54) is 0 Å². The van der Waals surface area contributed by atoms with E-state index in [0.717, 1.165) is 0 Å². The van der Waals surface area contributed by atoms with Crippen LogP contribution >= 0.6 is 0 Å². The van der Waals surface area contributed by atoms with Crippen LogP contribution in [0.3, 0.4) is 0 Å². The number of hydrogen-bond donors (Lipinski definition) is 2. The third-order valence-corrected chi connectivity index (χ3v) is 2.14. The molecule has 1 saturated heterocycles. The van der Waals surface area contributed by atoms with E-state index < -0.39 is 18.5 Å². The van der Waals surface area contributed by atoms with E-state index in [-0.39, 0.29) is 12.0 Å². The van der Waals surface area contributed by atoms with E-state index >= 15 is 0 Å². The van der Waals surface area contributed by atoms with Gasteiger partial charge in [-0.1, -0.05) is 6.92 Å². The number of rotatable bonds is 2. The molecule has 2 N–H and O–H groups in total. The first-order valence-electron chi connectivity index (χ1n) is 4.65. The number of hydrogen-bond acceptors (Lipinski definition) is 4. The van der Waals surface area contributed by atoms with Crippen LogP contribution in [-0.4, -0.2) is 41.4 Å². The second-order valence-electron chi connectivity index (χ2n) is 3.85. The van der Waals surface area contributed by atoms with Gasteiger partial charge in [0.05, 0.1) is 18.8 Å². The molecule has 4 nitrogen and oxygen atoms in total. The highest BCUT2D eigenvalue weighted by molar-refractivity contribution is 4.80. The van der Waals surface area contributed by atoms with Gasteiger partial charge in [-0.15, -0.1) is 0 Å². The Balaban J connectivity index is 2.48. The Kier molecular flexibility index (Phi) is 3.67. The Bertz CT molecular complexity index is 160. The maximum Gasteiger partial charge on any atom is 0.186 e. The summed E-state index contributed by atoms with van der Waals surface area (Å²) < 4.78 is 10.5. The molecule has 4 heteroatoms. The van der Waals surface area contributed by atoms with Crippen molar-refractivity contribution in [2.75, 3.05) is 6.61 Å². The summed E-state index contributed by atoms with van der Waals surface area (Å²) in [5.74, 6) is -0.0398. The largest absolute Gasteiger partial charge is 0.390 e. The molecular formula is C9H18O4. The molecule has 0 aromatic rings. The lowest BCUT2D eigenvalue weighted by Crippen LogP contribution is -2.50. The zero-order chi connectivity index (χ0) is 10.0. The normalized spacial score (nSPS) is 41.1. The first-order chi connectivity index (χ1) is 6.02. The average molecular weight is 190 g/mol. The van der Waals surface area contributed by atoms with Crippen LogP contribution in [0.15, 0.2) is 0 Å². The molecule has 0 saturated carbocycles. The summed E-state index contributed by atoms with van der Waals surface area (Å²) in [4.78, 5) is 0. The minimum atomic E-state index is -0.939. The molecule has 78 valence electrons. The molecular weight excluding hydrogens is 172 g/mol. The Hall–Kier alpha value is -0.160. The Labute approximate surface area is 78.5 Å². The molecule has 0 aliphatic carbocycles. The van der Waals surface area contributed by atoms with Crippen LogP contribution in [0.5, 0.6) is 0 Å². The van der Waals surface area contributed by atoms with Crippen LogP contribution in [0.25, 0.3) is 0 Å². The zero-order valence-electron chi connectivity index (χ0n) is 8.30. The molecule has 1 aliphatic rings. The van der Waals surface area contributed by atoms with Crippen LogP contribution in [0, 0.1) is 5.92 Å². The van der Waals surface area contributed by atoms with E-state index in [2.05, 4.69) is 0 Å². The van der Waals surface area contributed by atoms with Crippen molar-refractivity contribution in [2.45, 2.75) is 45.4 Å². The zero-order valence-corrected chi connectivity index (χ0v) is 8.30. The lowest BCUT2D eigenvalue weighted by molar-refractivity contribution is -0.267. The van der Waals surface area contributed by atoms with Crippen molar-refractivity contribution >= 4 is 0 Å². The van der Waals surface area contributed by atoms with Crippen molar-refractivity contribution in [3.05, 3.63) is 0 Å². The summed E-state index contributed by atoms with van der Waals surface area (Å²) in [7, 11) is 0. The highest BCUT2D eigenvalue weighted by Gasteiger charge is 2.37. The molecule has 1 fully saturated rings. The highest BCUT2D eigenvalue weighted by Crippen LogP contribution is 2.21. The molecule has 1 aliphatic heterocycles. The van der Waals surface area contributed by atoms with Crippen molar-refractivity contribution in [1.82, 2.24) is 0 Å². The van der Waals surface area contributed by atoms with Gasteiger partial charge in [0.1, 0.15) is 6.10 Å². The van der Waals surface area contributed by atoms with E-state index in [0.29, 0.717) is 6.61 Å². The van der Waals surface area contributed by atoms with Crippen molar-refractivity contribution in [1.29, 1.82) is 0 Å². The molecule has 1 rings (SSSR count).